The van der Waals surface area contributed by atoms with Crippen molar-refractivity contribution in [3.8, 4) is 0 Å². The molecule has 1 fully saturated rings. The molecule has 0 bridgehead atoms. The highest BCUT2D eigenvalue weighted by Crippen LogP contribution is 2.35. The lowest BCUT2D eigenvalue weighted by Crippen LogP contribution is -2.23. The Balaban J connectivity index is 1.60. The van der Waals surface area contributed by atoms with Crippen LogP contribution < -0.4 is 0 Å². The van der Waals surface area contributed by atoms with Crippen molar-refractivity contribution in [2.24, 2.45) is 0 Å². The summed E-state index contributed by atoms with van der Waals surface area (Å²) in [6.07, 6.45) is 5.51. The molecule has 19 heavy (non-hydrogen) atoms. The van der Waals surface area contributed by atoms with E-state index in [-0.39, 0.29) is 0 Å². The summed E-state index contributed by atoms with van der Waals surface area (Å²) >= 11 is 1.68. The van der Waals surface area contributed by atoms with E-state index in [9.17, 15) is 0 Å². The van der Waals surface area contributed by atoms with Crippen LogP contribution in [0.4, 0.5) is 0 Å². The van der Waals surface area contributed by atoms with Crippen LogP contribution in [0.5, 0.6) is 0 Å². The van der Waals surface area contributed by atoms with Crippen molar-refractivity contribution in [2.75, 3.05) is 6.54 Å². The van der Waals surface area contributed by atoms with E-state index in [0.29, 0.717) is 5.92 Å². The number of rotatable bonds is 6. The van der Waals surface area contributed by atoms with Gasteiger partial charge in [-0.3, -0.25) is 4.90 Å². The average molecular weight is 278 g/mol. The first-order valence-corrected chi connectivity index (χ1v) is 7.66. The standard InChI is InChI=1S/C13H18N4OS/c1-2-17(9-12-14-6-7-19-12)8-11-15-13(18-16-11)10-4-3-5-10/h6-7,10H,2-5,8-9H2,1H3. The van der Waals surface area contributed by atoms with E-state index in [1.54, 1.807) is 11.3 Å². The van der Waals surface area contributed by atoms with Gasteiger partial charge in [0.05, 0.1) is 13.1 Å². The van der Waals surface area contributed by atoms with Crippen LogP contribution in [-0.4, -0.2) is 26.6 Å². The second-order valence-electron chi connectivity index (χ2n) is 4.91. The largest absolute Gasteiger partial charge is 0.339 e. The van der Waals surface area contributed by atoms with Gasteiger partial charge in [0.25, 0.3) is 0 Å². The van der Waals surface area contributed by atoms with Gasteiger partial charge in [0.15, 0.2) is 5.82 Å². The number of hydrogen-bond acceptors (Lipinski definition) is 6. The van der Waals surface area contributed by atoms with Crippen LogP contribution in [0.15, 0.2) is 16.1 Å². The highest BCUT2D eigenvalue weighted by atomic mass is 32.1. The molecular weight excluding hydrogens is 260 g/mol. The molecule has 102 valence electrons. The van der Waals surface area contributed by atoms with E-state index >= 15 is 0 Å². The molecule has 6 heteroatoms. The fourth-order valence-corrected chi connectivity index (χ4v) is 2.81. The maximum absolute atomic E-state index is 5.35. The van der Waals surface area contributed by atoms with Crippen LogP contribution in [0.25, 0.3) is 0 Å². The van der Waals surface area contributed by atoms with Gasteiger partial charge >= 0.3 is 0 Å². The van der Waals surface area contributed by atoms with Gasteiger partial charge in [0.1, 0.15) is 5.01 Å². The topological polar surface area (TPSA) is 55.1 Å². The molecule has 2 heterocycles. The van der Waals surface area contributed by atoms with Crippen LogP contribution in [0, 0.1) is 0 Å². The van der Waals surface area contributed by atoms with Crippen LogP contribution in [0.3, 0.4) is 0 Å². The lowest BCUT2D eigenvalue weighted by Gasteiger charge is -2.20. The summed E-state index contributed by atoms with van der Waals surface area (Å²) in [5.74, 6) is 2.13. The van der Waals surface area contributed by atoms with Crippen LogP contribution >= 0.6 is 11.3 Å². The van der Waals surface area contributed by atoms with Crippen molar-refractivity contribution in [3.63, 3.8) is 0 Å². The maximum Gasteiger partial charge on any atom is 0.229 e. The first-order valence-electron chi connectivity index (χ1n) is 6.78. The zero-order valence-corrected chi connectivity index (χ0v) is 11.9. The quantitative estimate of drug-likeness (QED) is 0.813. The third-order valence-corrected chi connectivity index (χ3v) is 4.36. The summed E-state index contributed by atoms with van der Waals surface area (Å²) in [5, 5.41) is 7.23. The molecule has 2 aromatic heterocycles. The van der Waals surface area contributed by atoms with E-state index in [0.717, 1.165) is 36.4 Å². The lowest BCUT2D eigenvalue weighted by molar-refractivity contribution is 0.255. The zero-order chi connectivity index (χ0) is 13.1. The third kappa shape index (κ3) is 3.01. The smallest absolute Gasteiger partial charge is 0.229 e. The number of hydrogen-bond donors (Lipinski definition) is 0. The molecule has 0 aromatic carbocycles. The minimum Gasteiger partial charge on any atom is -0.339 e. The van der Waals surface area contributed by atoms with Crippen LogP contribution in [-0.2, 0) is 13.1 Å². The van der Waals surface area contributed by atoms with Crippen molar-refractivity contribution in [1.82, 2.24) is 20.0 Å². The molecule has 0 aliphatic heterocycles. The van der Waals surface area contributed by atoms with Gasteiger partial charge in [-0.2, -0.15) is 4.98 Å². The molecule has 1 aliphatic rings. The Hall–Kier alpha value is -1.27. The van der Waals surface area contributed by atoms with Gasteiger partial charge in [-0.15, -0.1) is 11.3 Å². The van der Waals surface area contributed by atoms with Crippen LogP contribution in [0.2, 0.25) is 0 Å². The van der Waals surface area contributed by atoms with E-state index in [2.05, 4.69) is 26.9 Å². The molecule has 1 saturated carbocycles. The normalized spacial score (nSPS) is 15.9. The van der Waals surface area contributed by atoms with Gasteiger partial charge in [0, 0.05) is 17.5 Å². The van der Waals surface area contributed by atoms with E-state index in [1.165, 1.54) is 19.3 Å². The van der Waals surface area contributed by atoms with E-state index < -0.39 is 0 Å². The van der Waals surface area contributed by atoms with E-state index in [1.807, 2.05) is 11.6 Å². The first-order chi connectivity index (χ1) is 9.35. The molecule has 0 amide bonds. The van der Waals surface area contributed by atoms with Gasteiger partial charge < -0.3 is 4.52 Å². The minimum absolute atomic E-state index is 0.510. The summed E-state index contributed by atoms with van der Waals surface area (Å²) < 4.78 is 5.35. The SMILES string of the molecule is CCN(Cc1noc(C2CCC2)n1)Cc1nccs1. The summed E-state index contributed by atoms with van der Waals surface area (Å²) in [6, 6.07) is 0. The lowest BCUT2D eigenvalue weighted by atomic mass is 9.85. The summed E-state index contributed by atoms with van der Waals surface area (Å²) in [5.41, 5.74) is 0. The Kier molecular flexibility index (Phi) is 3.89. The molecule has 0 N–H and O–H groups in total. The van der Waals surface area contributed by atoms with Crippen molar-refractivity contribution in [3.05, 3.63) is 28.3 Å². The molecular formula is C13H18N4OS. The predicted octanol–water partition coefficient (Wildman–Crippen LogP) is 2.82. The highest BCUT2D eigenvalue weighted by molar-refractivity contribution is 7.09. The van der Waals surface area contributed by atoms with Gasteiger partial charge in [-0.05, 0) is 19.4 Å². The molecule has 5 nitrogen and oxygen atoms in total. The molecule has 0 saturated heterocycles. The highest BCUT2D eigenvalue weighted by Gasteiger charge is 2.25. The third-order valence-electron chi connectivity index (χ3n) is 3.59. The Morgan fingerprint density at radius 2 is 2.32 bits per heavy atom. The minimum atomic E-state index is 0.510. The maximum atomic E-state index is 5.35. The number of thiazole rings is 1. The Morgan fingerprint density at radius 1 is 1.42 bits per heavy atom. The second kappa shape index (κ2) is 5.79. The molecule has 0 spiro atoms. The molecule has 1 aliphatic carbocycles. The first kappa shape index (κ1) is 12.7. The van der Waals surface area contributed by atoms with Crippen molar-refractivity contribution < 1.29 is 4.52 Å². The van der Waals surface area contributed by atoms with Gasteiger partial charge in [0.2, 0.25) is 5.89 Å². The number of aromatic nitrogens is 3. The molecule has 3 rings (SSSR count). The molecule has 0 unspecified atom stereocenters. The molecule has 0 atom stereocenters. The van der Waals surface area contributed by atoms with E-state index in [4.69, 9.17) is 4.52 Å². The van der Waals surface area contributed by atoms with Gasteiger partial charge in [-0.25, -0.2) is 4.98 Å². The summed E-state index contributed by atoms with van der Waals surface area (Å²) in [4.78, 5) is 11.1. The summed E-state index contributed by atoms with van der Waals surface area (Å²) in [7, 11) is 0. The monoisotopic (exact) mass is 278 g/mol. The fraction of sp³-hybridized carbons (Fsp3) is 0.615. The van der Waals surface area contributed by atoms with Crippen LogP contribution in [0.1, 0.15) is 48.8 Å². The Labute approximate surface area is 116 Å². The van der Waals surface area contributed by atoms with Gasteiger partial charge in [-0.1, -0.05) is 18.5 Å². The zero-order valence-electron chi connectivity index (χ0n) is 11.1. The molecule has 0 radical (unpaired) electrons. The van der Waals surface area contributed by atoms with Crippen molar-refractivity contribution in [1.29, 1.82) is 0 Å². The fourth-order valence-electron chi connectivity index (χ4n) is 2.15. The predicted molar refractivity (Wildman–Crippen MR) is 72.8 cm³/mol. The molecule has 2 aromatic rings. The Bertz CT molecular complexity index is 506. The number of nitrogens with zero attached hydrogens (tertiary/aromatic N) is 4. The Morgan fingerprint density at radius 3 is 2.95 bits per heavy atom. The second-order valence-corrected chi connectivity index (χ2v) is 5.88. The van der Waals surface area contributed by atoms with Crippen molar-refractivity contribution in [2.45, 2.75) is 45.2 Å². The summed E-state index contributed by atoms with van der Waals surface area (Å²) in [6.45, 7) is 4.67. The average Bonchev–Trinajstić information content (AvgIpc) is 2.98. The van der Waals surface area contributed by atoms with Crippen molar-refractivity contribution >= 4 is 11.3 Å².